The molecule has 0 bridgehead atoms. The lowest BCUT2D eigenvalue weighted by Crippen LogP contribution is -2.14. The Balaban J connectivity index is 3.85. The summed E-state index contributed by atoms with van der Waals surface area (Å²) in [5, 5.41) is -0.578. The third kappa shape index (κ3) is 13.6. The van der Waals surface area contributed by atoms with Crippen LogP contribution >= 0.6 is 15.9 Å². The Morgan fingerprint density at radius 2 is 1.71 bits per heavy atom. The molecule has 0 rings (SSSR count). The molecule has 24 heavy (non-hydrogen) atoms. The van der Waals surface area contributed by atoms with Gasteiger partial charge < -0.3 is 9.47 Å². The van der Waals surface area contributed by atoms with Gasteiger partial charge in [-0.3, -0.25) is 9.59 Å². The first kappa shape index (κ1) is 23.2. The predicted octanol–water partition coefficient (Wildman–Crippen LogP) is 5.74. The van der Waals surface area contributed by atoms with Crippen molar-refractivity contribution >= 4 is 27.9 Å². The number of carbonyl (C=O) groups excluding carboxylic acids is 2. The first-order chi connectivity index (χ1) is 11.4. The second kappa shape index (κ2) is 14.5. The zero-order valence-corrected chi connectivity index (χ0v) is 17.1. The van der Waals surface area contributed by atoms with E-state index in [9.17, 15) is 9.59 Å². The highest BCUT2D eigenvalue weighted by molar-refractivity contribution is 9.09. The van der Waals surface area contributed by atoms with Gasteiger partial charge in [0.15, 0.2) is 5.01 Å². The average molecular weight is 405 g/mol. The van der Waals surface area contributed by atoms with Crippen LogP contribution in [0.3, 0.4) is 0 Å². The van der Waals surface area contributed by atoms with Crippen molar-refractivity contribution in [3.63, 3.8) is 0 Å². The van der Waals surface area contributed by atoms with Crippen LogP contribution in [0.15, 0.2) is 12.3 Å². The lowest BCUT2D eigenvalue weighted by molar-refractivity contribution is -0.142. The Labute approximate surface area is 155 Å². The number of esters is 2. The van der Waals surface area contributed by atoms with Crippen molar-refractivity contribution in [3.8, 4) is 0 Å². The van der Waals surface area contributed by atoms with Crippen molar-refractivity contribution in [2.45, 2.75) is 84.1 Å². The van der Waals surface area contributed by atoms with Gasteiger partial charge in [0, 0.05) is 13.0 Å². The predicted molar refractivity (Wildman–Crippen MR) is 101 cm³/mol. The van der Waals surface area contributed by atoms with Crippen LogP contribution in [0.25, 0.3) is 0 Å². The van der Waals surface area contributed by atoms with E-state index in [1.165, 1.54) is 57.8 Å². The molecular formula is C19H33BrO4. The number of unbranched alkanes of at least 4 members (excludes halogenated alkanes) is 4. The molecule has 4 nitrogen and oxygen atoms in total. The quantitative estimate of drug-likeness (QED) is 0.170. The molecule has 3 atom stereocenters. The van der Waals surface area contributed by atoms with Crippen molar-refractivity contribution in [3.05, 3.63) is 12.3 Å². The molecule has 5 heteroatoms. The van der Waals surface area contributed by atoms with E-state index in [0.29, 0.717) is 5.92 Å². The minimum absolute atomic E-state index is 0.125. The molecule has 0 aromatic rings. The summed E-state index contributed by atoms with van der Waals surface area (Å²) in [7, 11) is 0. The van der Waals surface area contributed by atoms with E-state index in [-0.39, 0.29) is 11.9 Å². The number of rotatable bonds is 13. The number of hydrogen-bond acceptors (Lipinski definition) is 4. The Hall–Kier alpha value is -0.840. The van der Waals surface area contributed by atoms with Crippen molar-refractivity contribution in [2.24, 2.45) is 11.8 Å². The van der Waals surface area contributed by atoms with Gasteiger partial charge >= 0.3 is 11.9 Å². The number of alkyl halides is 1. The third-order valence-electron chi connectivity index (χ3n) is 3.99. The topological polar surface area (TPSA) is 52.6 Å². The number of carbonyl (C=O) groups is 2. The molecule has 0 aromatic heterocycles. The second-order valence-electron chi connectivity index (χ2n) is 6.51. The second-order valence-corrected chi connectivity index (χ2v) is 7.41. The number of halogens is 1. The maximum absolute atomic E-state index is 11.9. The van der Waals surface area contributed by atoms with Crippen LogP contribution in [0.2, 0.25) is 0 Å². The van der Waals surface area contributed by atoms with Gasteiger partial charge in [-0.2, -0.15) is 0 Å². The first-order valence-corrected chi connectivity index (χ1v) is 9.96. The highest BCUT2D eigenvalue weighted by Gasteiger charge is 2.15. The van der Waals surface area contributed by atoms with Crippen molar-refractivity contribution < 1.29 is 19.1 Å². The van der Waals surface area contributed by atoms with E-state index in [2.05, 4.69) is 29.8 Å². The lowest BCUT2D eigenvalue weighted by atomic mass is 9.93. The molecule has 0 aromatic carbocycles. The van der Waals surface area contributed by atoms with Gasteiger partial charge in [-0.15, -0.1) is 0 Å². The summed E-state index contributed by atoms with van der Waals surface area (Å²) in [5.41, 5.74) is 0. The molecule has 0 N–H and O–H groups in total. The van der Waals surface area contributed by atoms with Crippen molar-refractivity contribution in [1.29, 1.82) is 0 Å². The molecule has 0 radical (unpaired) electrons. The molecule has 0 aliphatic heterocycles. The van der Waals surface area contributed by atoms with Crippen LogP contribution in [-0.4, -0.2) is 17.0 Å². The average Bonchev–Trinajstić information content (AvgIpc) is 2.51. The Morgan fingerprint density at radius 1 is 1.04 bits per heavy atom. The molecule has 0 aliphatic rings. The number of ether oxygens (including phenoxy) is 2. The van der Waals surface area contributed by atoms with E-state index in [4.69, 9.17) is 9.47 Å². The van der Waals surface area contributed by atoms with Crippen molar-refractivity contribution in [2.75, 3.05) is 0 Å². The van der Waals surface area contributed by atoms with Crippen molar-refractivity contribution in [1.82, 2.24) is 0 Å². The van der Waals surface area contributed by atoms with Crippen LogP contribution < -0.4 is 0 Å². The standard InChI is InChI=1S/C19H33BrO4/c1-5-6-7-8-9-10-15(2)11-12-16(3)19(22)23-14-13-18(20)24-17(4)21/h13-16,18H,5-12H2,1-4H3. The first-order valence-electron chi connectivity index (χ1n) is 9.05. The summed E-state index contributed by atoms with van der Waals surface area (Å²) in [6, 6.07) is 0. The summed E-state index contributed by atoms with van der Waals surface area (Å²) >= 11 is 3.13. The molecule has 0 amide bonds. The summed E-state index contributed by atoms with van der Waals surface area (Å²) in [6.45, 7) is 7.70. The maximum atomic E-state index is 11.9. The summed E-state index contributed by atoms with van der Waals surface area (Å²) in [4.78, 5) is 22.6. The molecule has 0 aliphatic carbocycles. The zero-order valence-electron chi connectivity index (χ0n) is 15.6. The molecule has 3 unspecified atom stereocenters. The van der Waals surface area contributed by atoms with Crippen LogP contribution in [0.5, 0.6) is 0 Å². The van der Waals surface area contributed by atoms with E-state index in [1.54, 1.807) is 0 Å². The molecule has 0 fully saturated rings. The maximum Gasteiger partial charge on any atom is 0.313 e. The smallest absolute Gasteiger partial charge is 0.313 e. The Morgan fingerprint density at radius 3 is 2.33 bits per heavy atom. The zero-order chi connectivity index (χ0) is 18.4. The monoisotopic (exact) mass is 404 g/mol. The molecule has 0 saturated heterocycles. The van der Waals surface area contributed by atoms with Crippen LogP contribution in [-0.2, 0) is 19.1 Å². The van der Waals surface area contributed by atoms with Gasteiger partial charge in [-0.1, -0.05) is 59.3 Å². The van der Waals surface area contributed by atoms with Gasteiger partial charge in [0.1, 0.15) is 0 Å². The lowest BCUT2D eigenvalue weighted by Gasteiger charge is -2.14. The fraction of sp³-hybridized carbons (Fsp3) is 0.789. The molecule has 0 heterocycles. The van der Waals surface area contributed by atoms with E-state index in [0.717, 1.165) is 12.8 Å². The van der Waals surface area contributed by atoms with Gasteiger partial charge in [-0.25, -0.2) is 0 Å². The Kier molecular flexibility index (Phi) is 14.0. The highest BCUT2D eigenvalue weighted by Crippen LogP contribution is 2.19. The Bertz CT molecular complexity index is 382. The summed E-state index contributed by atoms with van der Waals surface area (Å²) in [5.74, 6) is -0.123. The van der Waals surface area contributed by atoms with Gasteiger partial charge in [-0.05, 0) is 34.7 Å². The van der Waals surface area contributed by atoms with E-state index >= 15 is 0 Å². The van der Waals surface area contributed by atoms with Crippen LogP contribution in [0, 0.1) is 11.8 Å². The SMILES string of the molecule is CCCCCCCC(C)CCC(C)C(=O)OC=CC(Br)OC(C)=O. The fourth-order valence-corrected chi connectivity index (χ4v) is 2.76. The van der Waals surface area contributed by atoms with Gasteiger partial charge in [0.2, 0.25) is 0 Å². The van der Waals surface area contributed by atoms with Gasteiger partial charge in [0.25, 0.3) is 0 Å². The normalized spacial score (nSPS) is 15.0. The third-order valence-corrected chi connectivity index (χ3v) is 4.48. The molecule has 0 saturated carbocycles. The summed E-state index contributed by atoms with van der Waals surface area (Å²) < 4.78 is 9.91. The summed E-state index contributed by atoms with van der Waals surface area (Å²) in [6.07, 6.45) is 12.4. The van der Waals surface area contributed by atoms with Gasteiger partial charge in [0.05, 0.1) is 12.2 Å². The largest absolute Gasteiger partial charge is 0.446 e. The molecular weight excluding hydrogens is 372 g/mol. The molecule has 0 spiro atoms. The number of hydrogen-bond donors (Lipinski definition) is 0. The molecule has 140 valence electrons. The minimum Gasteiger partial charge on any atom is -0.446 e. The van der Waals surface area contributed by atoms with Crippen LogP contribution in [0.1, 0.15) is 79.1 Å². The minimum atomic E-state index is -0.578. The highest BCUT2D eigenvalue weighted by atomic mass is 79.9. The van der Waals surface area contributed by atoms with Crippen LogP contribution in [0.4, 0.5) is 0 Å². The van der Waals surface area contributed by atoms with E-state index < -0.39 is 11.0 Å². The van der Waals surface area contributed by atoms with E-state index in [1.807, 2.05) is 6.92 Å². The fourth-order valence-electron chi connectivity index (χ4n) is 2.38.